The summed E-state index contributed by atoms with van der Waals surface area (Å²) < 4.78 is 7.12. The Balaban J connectivity index is 1.57. The first-order chi connectivity index (χ1) is 12.2. The molecular weight excluding hydrogens is 316 g/mol. The van der Waals surface area contributed by atoms with E-state index in [9.17, 15) is 4.79 Å². The molecule has 25 heavy (non-hydrogen) atoms. The molecule has 2 aromatic carbocycles. The van der Waals surface area contributed by atoms with E-state index in [2.05, 4.69) is 9.97 Å². The second-order valence-corrected chi connectivity index (χ2v) is 5.67. The van der Waals surface area contributed by atoms with Crippen LogP contribution in [0, 0.1) is 0 Å². The van der Waals surface area contributed by atoms with Crippen LogP contribution < -0.4 is 10.5 Å². The van der Waals surface area contributed by atoms with Gasteiger partial charge < -0.3 is 15.5 Å². The highest BCUT2D eigenvalue weighted by molar-refractivity contribution is 6.00. The number of ether oxygens (including phenoxy) is 1. The molecule has 0 saturated heterocycles. The summed E-state index contributed by atoms with van der Waals surface area (Å²) in [6.45, 7) is 0.490. The maximum absolute atomic E-state index is 12.5. The molecule has 0 aliphatic heterocycles. The van der Waals surface area contributed by atoms with Crippen molar-refractivity contribution in [3.05, 3.63) is 78.2 Å². The molecule has 0 bridgehead atoms. The summed E-state index contributed by atoms with van der Waals surface area (Å²) in [7, 11) is 0. The normalized spacial score (nSPS) is 10.9. The smallest absolute Gasteiger partial charge is 0.281 e. The molecule has 0 amide bonds. The summed E-state index contributed by atoms with van der Waals surface area (Å²) in [6.07, 6.45) is 3.03. The average Bonchev–Trinajstić information content (AvgIpc) is 3.26. The van der Waals surface area contributed by atoms with Crippen LogP contribution >= 0.6 is 0 Å². The van der Waals surface area contributed by atoms with Gasteiger partial charge in [-0.1, -0.05) is 30.3 Å². The molecule has 0 aliphatic carbocycles. The lowest BCUT2D eigenvalue weighted by atomic mass is 10.2. The Morgan fingerprint density at radius 1 is 1.16 bits per heavy atom. The van der Waals surface area contributed by atoms with Crippen molar-refractivity contribution in [3.63, 3.8) is 0 Å². The second kappa shape index (κ2) is 6.16. The Hall–Kier alpha value is -3.54. The number of H-pyrrole nitrogens is 1. The van der Waals surface area contributed by atoms with Gasteiger partial charge in [0.1, 0.15) is 18.1 Å². The monoisotopic (exact) mass is 332 g/mol. The molecule has 0 fully saturated rings. The largest absolute Gasteiger partial charge is 0.489 e. The van der Waals surface area contributed by atoms with Crippen molar-refractivity contribution in [1.29, 1.82) is 0 Å². The Morgan fingerprint density at radius 3 is 2.76 bits per heavy atom. The Kier molecular flexibility index (Phi) is 3.70. The molecule has 2 heterocycles. The number of nitrogen functional groups attached to an aromatic ring is 1. The molecule has 6 nitrogen and oxygen atoms in total. The number of anilines is 1. The standard InChI is InChI=1S/C19H16N4O2/c20-19-21-8-9-23(19)18(24)17-10-14-6-7-15(11-16(14)22-17)25-12-13-4-2-1-3-5-13/h1-11,22H,12H2,(H2,20,21). The van der Waals surface area contributed by atoms with Crippen molar-refractivity contribution < 1.29 is 9.53 Å². The number of nitrogens with two attached hydrogens (primary N) is 1. The summed E-state index contributed by atoms with van der Waals surface area (Å²) in [5.74, 6) is 0.646. The van der Waals surface area contributed by atoms with Gasteiger partial charge in [0, 0.05) is 29.4 Å². The Morgan fingerprint density at radius 2 is 2.00 bits per heavy atom. The number of carbonyl (C=O) groups excluding carboxylic acids is 1. The van der Waals surface area contributed by atoms with E-state index in [-0.39, 0.29) is 11.9 Å². The summed E-state index contributed by atoms with van der Waals surface area (Å²) >= 11 is 0. The van der Waals surface area contributed by atoms with Gasteiger partial charge >= 0.3 is 0 Å². The van der Waals surface area contributed by atoms with Crippen LogP contribution in [0.2, 0.25) is 0 Å². The van der Waals surface area contributed by atoms with Gasteiger partial charge in [0.15, 0.2) is 0 Å². The summed E-state index contributed by atoms with van der Waals surface area (Å²) in [4.78, 5) is 19.5. The number of rotatable bonds is 4. The maximum atomic E-state index is 12.5. The topological polar surface area (TPSA) is 85.9 Å². The predicted molar refractivity (Wildman–Crippen MR) is 95.4 cm³/mol. The van der Waals surface area contributed by atoms with Gasteiger partial charge in [-0.25, -0.2) is 4.98 Å². The lowest BCUT2D eigenvalue weighted by Crippen LogP contribution is -2.14. The van der Waals surface area contributed by atoms with Crippen molar-refractivity contribution in [2.75, 3.05) is 5.73 Å². The molecule has 3 N–H and O–H groups in total. The van der Waals surface area contributed by atoms with Gasteiger partial charge in [-0.3, -0.25) is 9.36 Å². The van der Waals surface area contributed by atoms with Crippen molar-refractivity contribution in [1.82, 2.24) is 14.5 Å². The van der Waals surface area contributed by atoms with Crippen LogP contribution in [0.1, 0.15) is 16.1 Å². The fourth-order valence-corrected chi connectivity index (χ4v) is 2.67. The highest BCUT2D eigenvalue weighted by Crippen LogP contribution is 2.23. The zero-order valence-electron chi connectivity index (χ0n) is 13.3. The fraction of sp³-hybridized carbons (Fsp3) is 0.0526. The first-order valence-electron chi connectivity index (χ1n) is 7.84. The summed E-state index contributed by atoms with van der Waals surface area (Å²) in [5, 5.41) is 0.925. The van der Waals surface area contributed by atoms with Gasteiger partial charge in [0.2, 0.25) is 5.95 Å². The highest BCUT2D eigenvalue weighted by Gasteiger charge is 2.14. The zero-order valence-corrected chi connectivity index (χ0v) is 13.3. The number of hydrogen-bond acceptors (Lipinski definition) is 4. The van der Waals surface area contributed by atoms with Gasteiger partial charge in [0.05, 0.1) is 0 Å². The molecule has 4 rings (SSSR count). The van der Waals surface area contributed by atoms with E-state index in [0.717, 1.165) is 22.2 Å². The zero-order chi connectivity index (χ0) is 17.2. The third-order valence-electron chi connectivity index (χ3n) is 3.96. The van der Waals surface area contributed by atoms with Gasteiger partial charge in [0.25, 0.3) is 5.91 Å². The quantitative estimate of drug-likeness (QED) is 0.601. The van der Waals surface area contributed by atoms with E-state index < -0.39 is 0 Å². The van der Waals surface area contributed by atoms with E-state index in [1.807, 2.05) is 48.5 Å². The van der Waals surface area contributed by atoms with Gasteiger partial charge in [-0.2, -0.15) is 0 Å². The van der Waals surface area contributed by atoms with Crippen LogP contribution in [0.3, 0.4) is 0 Å². The van der Waals surface area contributed by atoms with E-state index >= 15 is 0 Å². The number of benzene rings is 2. The predicted octanol–water partition coefficient (Wildman–Crippen LogP) is 3.21. The maximum Gasteiger partial charge on any atom is 0.281 e. The molecule has 6 heteroatoms. The molecular formula is C19H16N4O2. The van der Waals surface area contributed by atoms with Crippen molar-refractivity contribution in [3.8, 4) is 5.75 Å². The van der Waals surface area contributed by atoms with E-state index in [1.54, 1.807) is 6.07 Å². The van der Waals surface area contributed by atoms with Crippen molar-refractivity contribution >= 4 is 22.8 Å². The first kappa shape index (κ1) is 15.0. The fourth-order valence-electron chi connectivity index (χ4n) is 2.67. The third-order valence-corrected chi connectivity index (χ3v) is 3.96. The average molecular weight is 332 g/mol. The molecule has 0 aliphatic rings. The minimum Gasteiger partial charge on any atom is -0.489 e. The molecule has 124 valence electrons. The number of aromatic nitrogens is 3. The minimum absolute atomic E-state index is 0.163. The number of aromatic amines is 1. The van der Waals surface area contributed by atoms with E-state index in [0.29, 0.717) is 12.3 Å². The molecule has 0 spiro atoms. The molecule has 4 aromatic rings. The number of carbonyl (C=O) groups is 1. The van der Waals surface area contributed by atoms with Crippen molar-refractivity contribution in [2.24, 2.45) is 0 Å². The number of hydrogen-bond donors (Lipinski definition) is 2. The van der Waals surface area contributed by atoms with Gasteiger partial charge in [-0.15, -0.1) is 0 Å². The third kappa shape index (κ3) is 2.97. The van der Waals surface area contributed by atoms with Crippen LogP contribution in [0.25, 0.3) is 10.9 Å². The lowest BCUT2D eigenvalue weighted by molar-refractivity contribution is 0.0958. The second-order valence-electron chi connectivity index (χ2n) is 5.67. The number of imidazole rings is 1. The summed E-state index contributed by atoms with van der Waals surface area (Å²) in [5.41, 5.74) is 8.06. The van der Waals surface area contributed by atoms with Crippen LogP contribution in [0.15, 0.2) is 67.0 Å². The Labute approximate surface area is 143 Å². The molecule has 0 radical (unpaired) electrons. The first-order valence-corrected chi connectivity index (χ1v) is 7.84. The molecule has 0 unspecified atom stereocenters. The van der Waals surface area contributed by atoms with Crippen LogP contribution in [0.4, 0.5) is 5.95 Å². The molecule has 2 aromatic heterocycles. The Bertz CT molecular complexity index is 1030. The SMILES string of the molecule is Nc1nccn1C(=O)c1cc2ccc(OCc3ccccc3)cc2[nH]1. The highest BCUT2D eigenvalue weighted by atomic mass is 16.5. The van der Waals surface area contributed by atoms with Crippen LogP contribution in [-0.4, -0.2) is 20.4 Å². The van der Waals surface area contributed by atoms with Gasteiger partial charge in [-0.05, 0) is 23.8 Å². The van der Waals surface area contributed by atoms with Crippen LogP contribution in [-0.2, 0) is 6.61 Å². The van der Waals surface area contributed by atoms with E-state index in [1.165, 1.54) is 17.0 Å². The van der Waals surface area contributed by atoms with E-state index in [4.69, 9.17) is 10.5 Å². The summed E-state index contributed by atoms with van der Waals surface area (Å²) in [6, 6.07) is 17.4. The molecule has 0 atom stereocenters. The lowest BCUT2D eigenvalue weighted by Gasteiger charge is -2.06. The minimum atomic E-state index is -0.252. The number of nitrogens with zero attached hydrogens (tertiary/aromatic N) is 2. The molecule has 0 saturated carbocycles. The number of fused-ring (bicyclic) bond motifs is 1. The van der Waals surface area contributed by atoms with Crippen LogP contribution in [0.5, 0.6) is 5.75 Å². The number of nitrogens with one attached hydrogen (secondary N) is 1. The van der Waals surface area contributed by atoms with Crippen molar-refractivity contribution in [2.45, 2.75) is 6.61 Å².